The van der Waals surface area contributed by atoms with Gasteiger partial charge in [0, 0.05) is 16.9 Å². The molecular formula is C12H11ClF4O. The van der Waals surface area contributed by atoms with Crippen LogP contribution in [0, 0.1) is 11.2 Å². The van der Waals surface area contributed by atoms with Gasteiger partial charge in [0.2, 0.25) is 0 Å². The lowest BCUT2D eigenvalue weighted by Crippen LogP contribution is -2.26. The Morgan fingerprint density at radius 2 is 1.83 bits per heavy atom. The normalized spacial score (nSPS) is 12.6. The van der Waals surface area contributed by atoms with Crippen LogP contribution in [0.3, 0.4) is 0 Å². The minimum atomic E-state index is -4.83. The Bertz CT molecular complexity index is 466. The van der Waals surface area contributed by atoms with Crippen LogP contribution in [0.2, 0.25) is 0 Å². The third kappa shape index (κ3) is 3.02. The van der Waals surface area contributed by atoms with Crippen molar-refractivity contribution in [2.24, 2.45) is 5.41 Å². The molecule has 1 nitrogen and oxygen atoms in total. The maximum atomic E-state index is 13.1. The number of alkyl halides is 4. The third-order valence-electron chi connectivity index (χ3n) is 2.48. The first-order valence-corrected chi connectivity index (χ1v) is 5.60. The van der Waals surface area contributed by atoms with Gasteiger partial charge in [-0.15, -0.1) is 11.6 Å². The summed E-state index contributed by atoms with van der Waals surface area (Å²) in [5.74, 6) is -1.99. The molecule has 0 aliphatic carbocycles. The third-order valence-corrected chi connectivity index (χ3v) is 3.15. The van der Waals surface area contributed by atoms with Crippen molar-refractivity contribution in [2.75, 3.05) is 5.88 Å². The maximum Gasteiger partial charge on any atom is 0.419 e. The van der Waals surface area contributed by atoms with Crippen molar-refractivity contribution < 1.29 is 22.4 Å². The van der Waals surface area contributed by atoms with Crippen LogP contribution in [0.25, 0.3) is 0 Å². The molecule has 0 aromatic heterocycles. The molecule has 0 N–H and O–H groups in total. The molecule has 0 saturated carbocycles. The first-order valence-electron chi connectivity index (χ1n) is 5.07. The molecule has 0 heterocycles. The fourth-order valence-electron chi connectivity index (χ4n) is 1.34. The van der Waals surface area contributed by atoms with Crippen molar-refractivity contribution in [3.63, 3.8) is 0 Å². The smallest absolute Gasteiger partial charge is 0.294 e. The minimum Gasteiger partial charge on any atom is -0.294 e. The van der Waals surface area contributed by atoms with Gasteiger partial charge >= 0.3 is 6.18 Å². The lowest BCUT2D eigenvalue weighted by molar-refractivity contribution is -0.140. The number of Topliss-reactive ketones (excluding diaryl/α,β-unsaturated/α-hetero) is 1. The fraction of sp³-hybridized carbons (Fsp3) is 0.417. The van der Waals surface area contributed by atoms with Crippen molar-refractivity contribution in [2.45, 2.75) is 20.0 Å². The lowest BCUT2D eigenvalue weighted by Gasteiger charge is -2.20. The molecule has 0 radical (unpaired) electrons. The van der Waals surface area contributed by atoms with E-state index in [9.17, 15) is 22.4 Å². The van der Waals surface area contributed by atoms with Crippen LogP contribution in [0.4, 0.5) is 17.6 Å². The second-order valence-electron chi connectivity index (χ2n) is 4.54. The fourth-order valence-corrected chi connectivity index (χ4v) is 1.46. The summed E-state index contributed by atoms with van der Waals surface area (Å²) in [6.45, 7) is 3.03. The summed E-state index contributed by atoms with van der Waals surface area (Å²) in [5, 5.41) is 0. The van der Waals surface area contributed by atoms with Crippen LogP contribution in [0.15, 0.2) is 18.2 Å². The summed E-state index contributed by atoms with van der Waals surface area (Å²) in [7, 11) is 0. The van der Waals surface area contributed by atoms with Gasteiger partial charge in [-0.05, 0) is 18.2 Å². The predicted octanol–water partition coefficient (Wildman–Crippen LogP) is 4.29. The second-order valence-corrected chi connectivity index (χ2v) is 4.81. The predicted molar refractivity (Wildman–Crippen MR) is 60.2 cm³/mol. The summed E-state index contributed by atoms with van der Waals surface area (Å²) in [4.78, 5) is 11.9. The van der Waals surface area contributed by atoms with Crippen LogP contribution in [-0.4, -0.2) is 11.7 Å². The van der Waals surface area contributed by atoms with Crippen molar-refractivity contribution in [3.8, 4) is 0 Å². The van der Waals surface area contributed by atoms with Gasteiger partial charge in [0.25, 0.3) is 0 Å². The van der Waals surface area contributed by atoms with Gasteiger partial charge in [-0.3, -0.25) is 4.79 Å². The molecule has 0 saturated heterocycles. The molecule has 0 fully saturated rings. The Morgan fingerprint density at radius 1 is 1.28 bits per heavy atom. The van der Waals surface area contributed by atoms with Gasteiger partial charge in [0.15, 0.2) is 5.78 Å². The molecule has 100 valence electrons. The Kier molecular flexibility index (Phi) is 4.05. The van der Waals surface area contributed by atoms with Crippen molar-refractivity contribution in [1.29, 1.82) is 0 Å². The molecule has 6 heteroatoms. The lowest BCUT2D eigenvalue weighted by atomic mass is 9.86. The Hall–Kier alpha value is -1.10. The standard InChI is InChI=1S/C12H11ClF4O/c1-11(2,6-13)10(18)7-3-4-9(14)8(5-7)12(15,16)17/h3-5H,6H2,1-2H3. The average Bonchev–Trinajstić information content (AvgIpc) is 2.27. The van der Waals surface area contributed by atoms with Gasteiger partial charge < -0.3 is 0 Å². The average molecular weight is 283 g/mol. The number of rotatable bonds is 3. The first-order chi connectivity index (χ1) is 8.09. The summed E-state index contributed by atoms with van der Waals surface area (Å²) in [6, 6.07) is 2.19. The molecule has 18 heavy (non-hydrogen) atoms. The number of benzene rings is 1. The molecule has 0 unspecified atom stereocenters. The van der Waals surface area contributed by atoms with Gasteiger partial charge in [0.1, 0.15) is 5.82 Å². The molecule has 0 bridgehead atoms. The number of carbonyl (C=O) groups is 1. The highest BCUT2D eigenvalue weighted by Gasteiger charge is 2.36. The molecule has 1 aromatic carbocycles. The summed E-state index contributed by atoms with van der Waals surface area (Å²) in [6.07, 6.45) is -4.83. The van der Waals surface area contributed by atoms with Crippen molar-refractivity contribution in [3.05, 3.63) is 35.1 Å². The van der Waals surface area contributed by atoms with E-state index in [4.69, 9.17) is 11.6 Å². The van der Waals surface area contributed by atoms with Gasteiger partial charge in [-0.1, -0.05) is 13.8 Å². The monoisotopic (exact) mass is 282 g/mol. The highest BCUT2D eigenvalue weighted by Crippen LogP contribution is 2.33. The Labute approximate surface area is 107 Å². The van der Waals surface area contributed by atoms with Crippen LogP contribution in [0.5, 0.6) is 0 Å². The van der Waals surface area contributed by atoms with E-state index in [-0.39, 0.29) is 11.4 Å². The number of hydrogen-bond donors (Lipinski definition) is 0. The van der Waals surface area contributed by atoms with E-state index < -0.39 is 28.8 Å². The van der Waals surface area contributed by atoms with Crippen LogP contribution < -0.4 is 0 Å². The molecule has 1 aromatic rings. The van der Waals surface area contributed by atoms with Crippen molar-refractivity contribution >= 4 is 17.4 Å². The van der Waals surface area contributed by atoms with E-state index in [2.05, 4.69) is 0 Å². The quantitative estimate of drug-likeness (QED) is 0.459. The van der Waals surface area contributed by atoms with E-state index >= 15 is 0 Å². The van der Waals surface area contributed by atoms with E-state index in [1.54, 1.807) is 0 Å². The van der Waals surface area contributed by atoms with Gasteiger partial charge in [-0.25, -0.2) is 4.39 Å². The highest BCUT2D eigenvalue weighted by molar-refractivity contribution is 6.21. The summed E-state index contributed by atoms with van der Waals surface area (Å²) in [5.41, 5.74) is -2.64. The summed E-state index contributed by atoms with van der Waals surface area (Å²) >= 11 is 5.58. The molecule has 0 aliphatic heterocycles. The number of hydrogen-bond acceptors (Lipinski definition) is 1. The van der Waals surface area contributed by atoms with Gasteiger partial charge in [-0.2, -0.15) is 13.2 Å². The zero-order chi connectivity index (χ0) is 14.1. The summed E-state index contributed by atoms with van der Waals surface area (Å²) < 4.78 is 50.5. The van der Waals surface area contributed by atoms with E-state index in [0.717, 1.165) is 6.07 Å². The SMILES string of the molecule is CC(C)(CCl)C(=O)c1ccc(F)c(C(F)(F)F)c1. The minimum absolute atomic E-state index is 0.0371. The van der Waals surface area contributed by atoms with Crippen LogP contribution in [0.1, 0.15) is 29.8 Å². The Balaban J connectivity index is 3.26. The van der Waals surface area contributed by atoms with E-state index in [0.29, 0.717) is 12.1 Å². The van der Waals surface area contributed by atoms with E-state index in [1.807, 2.05) is 0 Å². The van der Waals surface area contributed by atoms with Crippen molar-refractivity contribution in [1.82, 2.24) is 0 Å². The first kappa shape index (κ1) is 15.0. The van der Waals surface area contributed by atoms with Gasteiger partial charge in [0.05, 0.1) is 5.56 Å². The van der Waals surface area contributed by atoms with E-state index in [1.165, 1.54) is 13.8 Å². The molecule has 1 rings (SSSR count). The second kappa shape index (κ2) is 4.88. The molecule has 0 spiro atoms. The van der Waals surface area contributed by atoms with Crippen LogP contribution in [-0.2, 0) is 6.18 Å². The molecule has 0 amide bonds. The number of halogens is 5. The number of carbonyl (C=O) groups excluding carboxylic acids is 1. The number of ketones is 1. The Morgan fingerprint density at radius 3 is 2.28 bits per heavy atom. The topological polar surface area (TPSA) is 17.1 Å². The molecular weight excluding hydrogens is 272 g/mol. The maximum absolute atomic E-state index is 13.1. The zero-order valence-corrected chi connectivity index (χ0v) is 10.5. The van der Waals surface area contributed by atoms with Crippen LogP contribution >= 0.6 is 11.6 Å². The molecule has 0 aliphatic rings. The largest absolute Gasteiger partial charge is 0.419 e. The molecule has 0 atom stereocenters. The zero-order valence-electron chi connectivity index (χ0n) is 9.74. The highest BCUT2D eigenvalue weighted by atomic mass is 35.5.